The van der Waals surface area contributed by atoms with Crippen molar-refractivity contribution in [1.29, 1.82) is 0 Å². The van der Waals surface area contributed by atoms with Crippen LogP contribution in [0.1, 0.15) is 18.5 Å². The maximum atomic E-state index is 12.5. The Labute approximate surface area is 130 Å². The molecular weight excluding hydrogens is 304 g/mol. The quantitative estimate of drug-likeness (QED) is 0.881. The van der Waals surface area contributed by atoms with E-state index in [0.29, 0.717) is 11.5 Å². The van der Waals surface area contributed by atoms with Gasteiger partial charge in [-0.1, -0.05) is 0 Å². The Morgan fingerprint density at radius 2 is 1.68 bits per heavy atom. The van der Waals surface area contributed by atoms with Crippen LogP contribution in [0.5, 0.6) is 11.5 Å². The van der Waals surface area contributed by atoms with E-state index in [4.69, 9.17) is 9.47 Å². The lowest BCUT2D eigenvalue weighted by Crippen LogP contribution is -2.26. The van der Waals surface area contributed by atoms with Crippen molar-refractivity contribution in [3.63, 3.8) is 0 Å². The molecule has 0 fully saturated rings. The highest BCUT2D eigenvalue weighted by Gasteiger charge is 2.20. The molecule has 0 saturated carbocycles. The van der Waals surface area contributed by atoms with Crippen molar-refractivity contribution in [3.05, 3.63) is 48.3 Å². The number of ether oxygens (including phenoxy) is 2. The molecule has 22 heavy (non-hydrogen) atoms. The first-order valence-corrected chi connectivity index (χ1v) is 8.10. The Bertz CT molecular complexity index is 732. The predicted molar refractivity (Wildman–Crippen MR) is 82.5 cm³/mol. The van der Waals surface area contributed by atoms with Gasteiger partial charge in [-0.3, -0.25) is 4.98 Å². The second kappa shape index (κ2) is 6.76. The number of methoxy groups -OCH3 is 2. The van der Waals surface area contributed by atoms with Gasteiger partial charge in [-0.15, -0.1) is 0 Å². The summed E-state index contributed by atoms with van der Waals surface area (Å²) in [6, 6.07) is 7.62. The van der Waals surface area contributed by atoms with E-state index in [0.717, 1.165) is 5.56 Å². The first kappa shape index (κ1) is 16.3. The Balaban J connectivity index is 2.27. The molecule has 0 saturated heterocycles. The maximum Gasteiger partial charge on any atom is 0.241 e. The maximum absolute atomic E-state index is 12.5. The average molecular weight is 322 g/mol. The lowest BCUT2D eigenvalue weighted by atomic mass is 10.1. The van der Waals surface area contributed by atoms with Crippen LogP contribution in [0.3, 0.4) is 0 Å². The van der Waals surface area contributed by atoms with Crippen molar-refractivity contribution in [2.75, 3.05) is 14.2 Å². The van der Waals surface area contributed by atoms with E-state index in [2.05, 4.69) is 9.71 Å². The largest absolute Gasteiger partial charge is 0.493 e. The van der Waals surface area contributed by atoms with E-state index in [-0.39, 0.29) is 10.9 Å². The van der Waals surface area contributed by atoms with Crippen molar-refractivity contribution in [2.45, 2.75) is 17.9 Å². The molecule has 0 unspecified atom stereocenters. The summed E-state index contributed by atoms with van der Waals surface area (Å²) in [6.07, 6.45) is 3.24. The molecule has 0 aliphatic rings. The van der Waals surface area contributed by atoms with Crippen LogP contribution in [0.4, 0.5) is 0 Å². The number of sulfonamides is 1. The third-order valence-corrected chi connectivity index (χ3v) is 4.74. The summed E-state index contributed by atoms with van der Waals surface area (Å²) in [5.74, 6) is 0.838. The Kier molecular flexibility index (Phi) is 4.99. The normalized spacial score (nSPS) is 12.7. The standard InChI is InChI=1S/C15H18N2O4S/c1-11(12-6-8-16-9-7-12)17-22(18,19)13-4-5-14(20-2)15(10-13)21-3/h4-11,17H,1-3H3/t11-/m1/s1. The van der Waals surface area contributed by atoms with Gasteiger partial charge in [0.2, 0.25) is 10.0 Å². The van der Waals surface area contributed by atoms with Crippen LogP contribution in [-0.2, 0) is 10.0 Å². The molecule has 1 aromatic carbocycles. The number of pyridine rings is 1. The smallest absolute Gasteiger partial charge is 0.241 e. The van der Waals surface area contributed by atoms with Gasteiger partial charge < -0.3 is 9.47 Å². The fourth-order valence-electron chi connectivity index (χ4n) is 2.00. The molecule has 1 aromatic heterocycles. The number of hydrogen-bond acceptors (Lipinski definition) is 5. The zero-order valence-electron chi connectivity index (χ0n) is 12.6. The molecule has 0 aliphatic heterocycles. The number of aromatic nitrogens is 1. The van der Waals surface area contributed by atoms with Crippen LogP contribution in [0.2, 0.25) is 0 Å². The fourth-order valence-corrected chi connectivity index (χ4v) is 3.25. The van der Waals surface area contributed by atoms with Gasteiger partial charge in [0.25, 0.3) is 0 Å². The van der Waals surface area contributed by atoms with E-state index in [1.807, 2.05) is 0 Å². The van der Waals surface area contributed by atoms with Crippen molar-refractivity contribution in [1.82, 2.24) is 9.71 Å². The van der Waals surface area contributed by atoms with Crippen molar-refractivity contribution < 1.29 is 17.9 Å². The summed E-state index contributed by atoms with van der Waals surface area (Å²) in [6.45, 7) is 1.77. The van der Waals surface area contributed by atoms with Crippen molar-refractivity contribution in [2.24, 2.45) is 0 Å². The van der Waals surface area contributed by atoms with Crippen LogP contribution < -0.4 is 14.2 Å². The molecule has 1 heterocycles. The minimum atomic E-state index is -3.67. The molecule has 6 nitrogen and oxygen atoms in total. The third-order valence-electron chi connectivity index (χ3n) is 3.20. The van der Waals surface area contributed by atoms with E-state index in [9.17, 15) is 8.42 Å². The van der Waals surface area contributed by atoms with Gasteiger partial charge in [0, 0.05) is 24.5 Å². The predicted octanol–water partition coefficient (Wildman–Crippen LogP) is 2.14. The second-order valence-electron chi connectivity index (χ2n) is 4.64. The van der Waals surface area contributed by atoms with E-state index >= 15 is 0 Å². The van der Waals surface area contributed by atoms with Crippen LogP contribution in [0, 0.1) is 0 Å². The molecule has 1 N–H and O–H groups in total. The summed E-state index contributed by atoms with van der Waals surface area (Å²) in [4.78, 5) is 4.03. The molecule has 0 amide bonds. The highest BCUT2D eigenvalue weighted by Crippen LogP contribution is 2.29. The van der Waals surface area contributed by atoms with Gasteiger partial charge in [0.1, 0.15) is 0 Å². The van der Waals surface area contributed by atoms with Gasteiger partial charge in [-0.25, -0.2) is 13.1 Å². The third kappa shape index (κ3) is 3.55. The Morgan fingerprint density at radius 1 is 1.05 bits per heavy atom. The molecule has 2 rings (SSSR count). The lowest BCUT2D eigenvalue weighted by molar-refractivity contribution is 0.354. The van der Waals surface area contributed by atoms with Crippen LogP contribution in [-0.4, -0.2) is 27.6 Å². The first-order valence-electron chi connectivity index (χ1n) is 6.62. The highest BCUT2D eigenvalue weighted by molar-refractivity contribution is 7.89. The molecule has 0 radical (unpaired) electrons. The fraction of sp³-hybridized carbons (Fsp3) is 0.267. The summed E-state index contributed by atoms with van der Waals surface area (Å²) >= 11 is 0. The topological polar surface area (TPSA) is 77.5 Å². The van der Waals surface area contributed by atoms with Crippen LogP contribution >= 0.6 is 0 Å². The first-order chi connectivity index (χ1) is 10.5. The Morgan fingerprint density at radius 3 is 2.27 bits per heavy atom. The SMILES string of the molecule is COc1ccc(S(=O)(=O)N[C@H](C)c2ccncc2)cc1OC. The minimum absolute atomic E-state index is 0.117. The lowest BCUT2D eigenvalue weighted by Gasteiger charge is -2.15. The van der Waals surface area contributed by atoms with Gasteiger partial charge >= 0.3 is 0 Å². The number of rotatable bonds is 6. The summed E-state index contributed by atoms with van der Waals surface area (Å²) < 4.78 is 37.8. The Hall–Kier alpha value is -2.12. The zero-order valence-corrected chi connectivity index (χ0v) is 13.4. The van der Waals surface area contributed by atoms with Crippen LogP contribution in [0.15, 0.2) is 47.6 Å². The molecule has 0 aliphatic carbocycles. The molecule has 118 valence electrons. The average Bonchev–Trinajstić information content (AvgIpc) is 2.54. The second-order valence-corrected chi connectivity index (χ2v) is 6.35. The molecule has 1 atom stereocenters. The molecule has 7 heteroatoms. The highest BCUT2D eigenvalue weighted by atomic mass is 32.2. The number of nitrogens with one attached hydrogen (secondary N) is 1. The summed E-state index contributed by atoms with van der Waals surface area (Å²) in [5.41, 5.74) is 0.832. The molecule has 0 bridgehead atoms. The van der Waals surface area contributed by atoms with E-state index in [1.54, 1.807) is 37.5 Å². The monoisotopic (exact) mass is 322 g/mol. The van der Waals surface area contributed by atoms with Crippen molar-refractivity contribution in [3.8, 4) is 11.5 Å². The summed E-state index contributed by atoms with van der Waals surface area (Å²) in [5, 5.41) is 0. The van der Waals surface area contributed by atoms with E-state index < -0.39 is 10.0 Å². The number of nitrogens with zero attached hydrogens (tertiary/aromatic N) is 1. The van der Waals surface area contributed by atoms with Gasteiger partial charge in [-0.05, 0) is 36.8 Å². The zero-order chi connectivity index (χ0) is 16.2. The van der Waals surface area contributed by atoms with E-state index in [1.165, 1.54) is 26.4 Å². The molecule has 2 aromatic rings. The van der Waals surface area contributed by atoms with Gasteiger partial charge in [0.15, 0.2) is 11.5 Å². The van der Waals surface area contributed by atoms with Gasteiger partial charge in [0.05, 0.1) is 19.1 Å². The van der Waals surface area contributed by atoms with Crippen molar-refractivity contribution >= 4 is 10.0 Å². The van der Waals surface area contributed by atoms with Gasteiger partial charge in [-0.2, -0.15) is 0 Å². The van der Waals surface area contributed by atoms with Crippen LogP contribution in [0.25, 0.3) is 0 Å². The summed E-state index contributed by atoms with van der Waals surface area (Å²) in [7, 11) is -0.716. The molecular formula is C15H18N2O4S. The number of benzene rings is 1. The number of hydrogen-bond donors (Lipinski definition) is 1. The minimum Gasteiger partial charge on any atom is -0.493 e. The molecule has 0 spiro atoms.